The Balaban J connectivity index is 0.000000399. The van der Waals surface area contributed by atoms with E-state index < -0.39 is 21.7 Å². The van der Waals surface area contributed by atoms with Crippen LogP contribution in [0.4, 0.5) is 0 Å². The van der Waals surface area contributed by atoms with Gasteiger partial charge in [-0.2, -0.15) is 0 Å². The molecule has 5 heteroatoms. The molecule has 0 bridgehead atoms. The number of carbonyl (C=O) groups is 1. The molecule has 2 aromatic carbocycles. The first kappa shape index (κ1) is 16.1. The van der Waals surface area contributed by atoms with Gasteiger partial charge >= 0.3 is 106 Å². The van der Waals surface area contributed by atoms with E-state index in [9.17, 15) is 0 Å². The standard InChI is InChI=1S/C12H9AsCl2.C2H4O2/c14-10-7-4-8-11(15)12(10)13-9-5-2-1-3-6-9;1-2(3)4/h1-8,13H;1H3,(H,3,4). The van der Waals surface area contributed by atoms with E-state index in [0.29, 0.717) is 0 Å². The normalized spacial score (nSPS) is 10.1. The Morgan fingerprint density at radius 1 is 1.00 bits per heavy atom. The summed E-state index contributed by atoms with van der Waals surface area (Å²) in [5, 5.41) is 8.98. The number of rotatable bonds is 2. The topological polar surface area (TPSA) is 37.3 Å². The van der Waals surface area contributed by atoms with E-state index in [1.165, 1.54) is 4.35 Å². The molecule has 19 heavy (non-hydrogen) atoms. The van der Waals surface area contributed by atoms with Crippen LogP contribution in [-0.4, -0.2) is 26.8 Å². The SMILES string of the molecule is CC(=O)O.Clc1cccc(Cl)c1[AsH]c1ccccc1. The van der Waals surface area contributed by atoms with Crippen LogP contribution in [-0.2, 0) is 4.79 Å². The van der Waals surface area contributed by atoms with E-state index in [2.05, 4.69) is 12.1 Å². The van der Waals surface area contributed by atoms with Crippen LogP contribution in [0.15, 0.2) is 48.5 Å². The number of carboxylic acid groups (broad SMARTS) is 1. The van der Waals surface area contributed by atoms with Crippen LogP contribution < -0.4 is 8.70 Å². The quantitative estimate of drug-likeness (QED) is 0.837. The summed E-state index contributed by atoms with van der Waals surface area (Å²) in [5.74, 6) is -0.833. The minimum atomic E-state index is -0.833. The molecule has 0 fully saturated rings. The molecule has 0 aliphatic heterocycles. The zero-order valence-corrected chi connectivity index (χ0v) is 13.8. The predicted molar refractivity (Wildman–Crippen MR) is 82.6 cm³/mol. The molecule has 0 aliphatic rings. The first-order valence-corrected chi connectivity index (χ1v) is 8.31. The molecule has 0 saturated heterocycles. The predicted octanol–water partition coefficient (Wildman–Crippen LogP) is 2.47. The molecule has 0 amide bonds. The van der Waals surface area contributed by atoms with Crippen molar-refractivity contribution in [2.75, 3.05) is 0 Å². The molecule has 2 rings (SSSR count). The number of aliphatic carboxylic acids is 1. The van der Waals surface area contributed by atoms with Gasteiger partial charge in [0.25, 0.3) is 5.97 Å². The first-order valence-electron chi connectivity index (χ1n) is 5.46. The monoisotopic (exact) mass is 358 g/mol. The van der Waals surface area contributed by atoms with Crippen LogP contribution in [0.2, 0.25) is 10.0 Å². The third kappa shape index (κ3) is 6.15. The van der Waals surface area contributed by atoms with Crippen molar-refractivity contribution in [3.05, 3.63) is 58.6 Å². The summed E-state index contributed by atoms with van der Waals surface area (Å²) < 4.78 is 2.46. The van der Waals surface area contributed by atoms with Crippen molar-refractivity contribution in [3.63, 3.8) is 0 Å². The average molecular weight is 359 g/mol. The Morgan fingerprint density at radius 3 is 1.95 bits per heavy atom. The molecule has 0 saturated carbocycles. The van der Waals surface area contributed by atoms with Gasteiger partial charge in [-0.15, -0.1) is 0 Å². The van der Waals surface area contributed by atoms with Gasteiger partial charge in [-0.25, -0.2) is 0 Å². The second kappa shape index (κ2) is 8.27. The van der Waals surface area contributed by atoms with Gasteiger partial charge in [0.1, 0.15) is 0 Å². The van der Waals surface area contributed by atoms with Crippen molar-refractivity contribution in [1.82, 2.24) is 0 Å². The summed E-state index contributed by atoms with van der Waals surface area (Å²) in [6, 6.07) is 16.0. The summed E-state index contributed by atoms with van der Waals surface area (Å²) in [4.78, 5) is 9.00. The number of halogens is 2. The fourth-order valence-corrected chi connectivity index (χ4v) is 4.38. The van der Waals surface area contributed by atoms with Crippen LogP contribution >= 0.6 is 23.2 Å². The van der Waals surface area contributed by atoms with E-state index in [1.54, 1.807) is 0 Å². The molecule has 0 spiro atoms. The van der Waals surface area contributed by atoms with E-state index in [0.717, 1.165) is 21.3 Å². The second-order valence-electron chi connectivity index (χ2n) is 3.61. The van der Waals surface area contributed by atoms with Gasteiger partial charge in [0.2, 0.25) is 0 Å². The molecule has 1 atom stereocenters. The molecule has 1 unspecified atom stereocenters. The fourth-order valence-electron chi connectivity index (χ4n) is 1.28. The minimum absolute atomic E-state index is 0.423. The van der Waals surface area contributed by atoms with Crippen LogP contribution in [0.1, 0.15) is 6.92 Å². The van der Waals surface area contributed by atoms with Gasteiger partial charge in [0.05, 0.1) is 0 Å². The number of carboxylic acids is 1. The molecule has 100 valence electrons. The zero-order chi connectivity index (χ0) is 14.3. The first-order chi connectivity index (χ1) is 9.00. The number of hydrogen-bond acceptors (Lipinski definition) is 1. The van der Waals surface area contributed by atoms with E-state index in [4.69, 9.17) is 33.1 Å². The maximum absolute atomic E-state index is 9.00. The van der Waals surface area contributed by atoms with Gasteiger partial charge in [0.15, 0.2) is 0 Å². The summed E-state index contributed by atoms with van der Waals surface area (Å²) in [5.41, 5.74) is 0. The zero-order valence-electron chi connectivity index (χ0n) is 10.2. The third-order valence-electron chi connectivity index (χ3n) is 2.01. The Hall–Kier alpha value is -0.952. The Morgan fingerprint density at radius 2 is 1.47 bits per heavy atom. The summed E-state index contributed by atoms with van der Waals surface area (Å²) >= 11 is 11.8. The molecule has 2 nitrogen and oxygen atoms in total. The number of benzene rings is 2. The maximum atomic E-state index is 9.00. The van der Waals surface area contributed by atoms with Gasteiger partial charge in [-0.3, -0.25) is 4.79 Å². The molecule has 0 radical (unpaired) electrons. The third-order valence-corrected chi connectivity index (χ3v) is 6.26. The molecule has 1 N–H and O–H groups in total. The Kier molecular flexibility index (Phi) is 7.01. The summed E-state index contributed by atoms with van der Waals surface area (Å²) in [7, 11) is 0. The van der Waals surface area contributed by atoms with Gasteiger partial charge in [-0.05, 0) is 0 Å². The van der Waals surface area contributed by atoms with Crippen molar-refractivity contribution in [1.29, 1.82) is 0 Å². The molecular weight excluding hydrogens is 346 g/mol. The molecule has 0 heterocycles. The van der Waals surface area contributed by atoms with Crippen LogP contribution in [0.3, 0.4) is 0 Å². The Bertz CT molecular complexity index is 520. The molecule has 0 aliphatic carbocycles. The van der Waals surface area contributed by atoms with Gasteiger partial charge in [-0.1, -0.05) is 0 Å². The van der Waals surface area contributed by atoms with Crippen LogP contribution in [0.5, 0.6) is 0 Å². The van der Waals surface area contributed by atoms with Gasteiger partial charge in [0, 0.05) is 6.92 Å². The Labute approximate surface area is 129 Å². The molecular formula is C14H13AsCl2O2. The fraction of sp³-hybridized carbons (Fsp3) is 0.0714. The molecule has 2 aromatic rings. The van der Waals surface area contributed by atoms with Crippen molar-refractivity contribution < 1.29 is 9.90 Å². The number of hydrogen-bond donors (Lipinski definition) is 1. The molecule has 0 aromatic heterocycles. The van der Waals surface area contributed by atoms with Crippen LogP contribution in [0, 0.1) is 0 Å². The van der Waals surface area contributed by atoms with Gasteiger partial charge < -0.3 is 5.11 Å². The summed E-state index contributed by atoms with van der Waals surface area (Å²) in [6.45, 7) is 1.08. The van der Waals surface area contributed by atoms with Crippen molar-refractivity contribution in [2.45, 2.75) is 6.92 Å². The van der Waals surface area contributed by atoms with Crippen molar-refractivity contribution in [2.24, 2.45) is 0 Å². The second-order valence-corrected chi connectivity index (χ2v) is 7.21. The van der Waals surface area contributed by atoms with E-state index in [1.807, 2.05) is 36.4 Å². The van der Waals surface area contributed by atoms with Crippen molar-refractivity contribution >= 4 is 53.6 Å². The van der Waals surface area contributed by atoms with E-state index >= 15 is 0 Å². The summed E-state index contributed by atoms with van der Waals surface area (Å²) in [6.07, 6.45) is 0. The van der Waals surface area contributed by atoms with Crippen molar-refractivity contribution in [3.8, 4) is 0 Å². The van der Waals surface area contributed by atoms with E-state index in [-0.39, 0.29) is 0 Å². The van der Waals surface area contributed by atoms with Crippen LogP contribution in [0.25, 0.3) is 0 Å². The average Bonchev–Trinajstić information content (AvgIpc) is 2.35.